The van der Waals surface area contributed by atoms with E-state index in [1.165, 1.54) is 56.1 Å². The number of rotatable bonds is 13. The van der Waals surface area contributed by atoms with E-state index in [-0.39, 0.29) is 0 Å². The maximum Gasteiger partial charge on any atom is 0.511 e. The molecule has 0 unspecified atom stereocenters. The maximum atomic E-state index is 11.2. The molecule has 3 heteroatoms. The second-order valence-electron chi connectivity index (χ2n) is 7.78. The van der Waals surface area contributed by atoms with E-state index in [2.05, 4.69) is 44.2 Å². The first-order valence-corrected chi connectivity index (χ1v) is 11.3. The minimum Gasteiger partial charge on any atom is -0.449 e. The third kappa shape index (κ3) is 7.56. The summed E-state index contributed by atoms with van der Waals surface area (Å²) >= 11 is 0. The summed E-state index contributed by atoms with van der Waals surface area (Å²) in [6.07, 6.45) is 11.5. The normalized spacial score (nSPS) is 10.8. The van der Waals surface area contributed by atoms with E-state index in [9.17, 15) is 9.90 Å². The van der Waals surface area contributed by atoms with Crippen LogP contribution in [0.15, 0.2) is 42.5 Å². The van der Waals surface area contributed by atoms with Gasteiger partial charge in [0.15, 0.2) is 0 Å². The zero-order chi connectivity index (χ0) is 20.9. The molecule has 0 atom stereocenters. The summed E-state index contributed by atoms with van der Waals surface area (Å²) in [4.78, 5) is 11.2. The topological polar surface area (TPSA) is 46.5 Å². The van der Waals surface area contributed by atoms with Crippen molar-refractivity contribution in [1.82, 2.24) is 0 Å². The first-order chi connectivity index (χ1) is 14.2. The van der Waals surface area contributed by atoms with Gasteiger partial charge in [0.2, 0.25) is 0 Å². The number of hydrogen-bond acceptors (Lipinski definition) is 2. The summed E-state index contributed by atoms with van der Waals surface area (Å²) < 4.78 is 5.16. The Morgan fingerprint density at radius 3 is 2.10 bits per heavy atom. The Labute approximate surface area is 176 Å². The monoisotopic (exact) mass is 396 g/mol. The molecule has 158 valence electrons. The Kier molecular flexibility index (Phi) is 10.3. The van der Waals surface area contributed by atoms with Crippen molar-refractivity contribution in [2.75, 3.05) is 0 Å². The van der Waals surface area contributed by atoms with Gasteiger partial charge in [-0.25, -0.2) is 4.79 Å². The number of carbonyl (C=O) groups is 1. The average Bonchev–Trinajstić information content (AvgIpc) is 2.72. The van der Waals surface area contributed by atoms with E-state index in [1.807, 2.05) is 6.07 Å². The molecule has 0 aliphatic carbocycles. The van der Waals surface area contributed by atoms with Crippen LogP contribution in [0.25, 0.3) is 11.1 Å². The Hall–Kier alpha value is -2.29. The lowest BCUT2D eigenvalue weighted by Gasteiger charge is -2.17. The van der Waals surface area contributed by atoms with Gasteiger partial charge in [-0.3, -0.25) is 0 Å². The Balaban J connectivity index is 2.29. The average molecular weight is 397 g/mol. The van der Waals surface area contributed by atoms with Crippen molar-refractivity contribution in [3.63, 3.8) is 0 Å². The summed E-state index contributed by atoms with van der Waals surface area (Å²) in [6, 6.07) is 14.3. The van der Waals surface area contributed by atoms with E-state index < -0.39 is 6.16 Å². The van der Waals surface area contributed by atoms with Crippen LogP contribution in [0.4, 0.5) is 4.79 Å². The van der Waals surface area contributed by atoms with E-state index in [1.54, 1.807) is 6.07 Å². The molecule has 1 N–H and O–H groups in total. The second-order valence-corrected chi connectivity index (χ2v) is 7.78. The van der Waals surface area contributed by atoms with Gasteiger partial charge in [-0.1, -0.05) is 95.2 Å². The van der Waals surface area contributed by atoms with Gasteiger partial charge in [0.25, 0.3) is 0 Å². The highest BCUT2D eigenvalue weighted by atomic mass is 16.7. The van der Waals surface area contributed by atoms with Gasteiger partial charge in [-0.15, -0.1) is 0 Å². The van der Waals surface area contributed by atoms with Crippen molar-refractivity contribution >= 4 is 6.16 Å². The van der Waals surface area contributed by atoms with Gasteiger partial charge in [-0.2, -0.15) is 0 Å². The highest BCUT2D eigenvalue weighted by Gasteiger charge is 2.15. The molecule has 0 spiro atoms. The van der Waals surface area contributed by atoms with Crippen LogP contribution in [0.5, 0.6) is 5.75 Å². The number of carboxylic acid groups (broad SMARTS) is 1. The minimum absolute atomic E-state index is 0.478. The number of aryl methyl sites for hydroxylation is 1. The summed E-state index contributed by atoms with van der Waals surface area (Å²) in [5.74, 6) is 0.478. The molecule has 2 aromatic carbocycles. The zero-order valence-electron chi connectivity index (χ0n) is 18.1. The number of hydrogen-bond donors (Lipinski definition) is 1. The van der Waals surface area contributed by atoms with Crippen molar-refractivity contribution in [3.05, 3.63) is 53.6 Å². The van der Waals surface area contributed by atoms with Gasteiger partial charge in [0.1, 0.15) is 5.75 Å². The Bertz CT molecular complexity index is 751. The number of benzene rings is 2. The smallest absolute Gasteiger partial charge is 0.449 e. The Morgan fingerprint density at radius 1 is 0.759 bits per heavy atom. The molecule has 2 aromatic rings. The molecule has 0 aliphatic heterocycles. The fourth-order valence-corrected chi connectivity index (χ4v) is 3.91. The zero-order valence-corrected chi connectivity index (χ0v) is 18.1. The van der Waals surface area contributed by atoms with Crippen molar-refractivity contribution in [1.29, 1.82) is 0 Å². The van der Waals surface area contributed by atoms with Gasteiger partial charge >= 0.3 is 6.16 Å². The molecule has 3 nitrogen and oxygen atoms in total. The lowest BCUT2D eigenvalue weighted by atomic mass is 9.90. The summed E-state index contributed by atoms with van der Waals surface area (Å²) in [5, 5.41) is 9.19. The third-order valence-corrected chi connectivity index (χ3v) is 5.47. The van der Waals surface area contributed by atoms with Crippen LogP contribution in [-0.4, -0.2) is 11.3 Å². The lowest BCUT2D eigenvalue weighted by Crippen LogP contribution is -2.07. The Morgan fingerprint density at radius 2 is 1.38 bits per heavy atom. The van der Waals surface area contributed by atoms with Gasteiger partial charge < -0.3 is 9.84 Å². The fraction of sp³-hybridized carbons (Fsp3) is 0.500. The molecule has 0 bridgehead atoms. The van der Waals surface area contributed by atoms with E-state index in [0.717, 1.165) is 36.8 Å². The largest absolute Gasteiger partial charge is 0.511 e. The fourth-order valence-electron chi connectivity index (χ4n) is 3.91. The lowest BCUT2D eigenvalue weighted by molar-refractivity contribution is 0.144. The van der Waals surface area contributed by atoms with Crippen LogP contribution < -0.4 is 4.74 Å². The van der Waals surface area contributed by atoms with Gasteiger partial charge in [-0.05, 0) is 48.4 Å². The molecule has 0 heterocycles. The second kappa shape index (κ2) is 13.0. The van der Waals surface area contributed by atoms with Gasteiger partial charge in [0.05, 0.1) is 0 Å². The molecule has 0 aliphatic rings. The predicted molar refractivity (Wildman–Crippen MR) is 121 cm³/mol. The molecule has 2 rings (SSSR count). The van der Waals surface area contributed by atoms with Crippen molar-refractivity contribution in [3.8, 4) is 16.9 Å². The van der Waals surface area contributed by atoms with Crippen molar-refractivity contribution in [2.24, 2.45) is 0 Å². The SMILES string of the molecule is CCCCCCCc1c(OC(=O)O)cccc1-c1ccccc1CCCCCC. The highest BCUT2D eigenvalue weighted by molar-refractivity contribution is 5.74. The third-order valence-electron chi connectivity index (χ3n) is 5.47. The van der Waals surface area contributed by atoms with Crippen LogP contribution in [-0.2, 0) is 12.8 Å². The quantitative estimate of drug-likeness (QED) is 0.212. The molecule has 0 radical (unpaired) electrons. The molecular weight excluding hydrogens is 360 g/mol. The molecule has 29 heavy (non-hydrogen) atoms. The predicted octanol–water partition coefficient (Wildman–Crippen LogP) is 8.05. The summed E-state index contributed by atoms with van der Waals surface area (Å²) in [6.45, 7) is 4.44. The van der Waals surface area contributed by atoms with E-state index in [4.69, 9.17) is 4.74 Å². The van der Waals surface area contributed by atoms with Crippen LogP contribution in [0.3, 0.4) is 0 Å². The molecular formula is C26H36O3. The van der Waals surface area contributed by atoms with Crippen molar-refractivity contribution in [2.45, 2.75) is 84.5 Å². The molecule has 0 amide bonds. The molecule has 0 saturated heterocycles. The van der Waals surface area contributed by atoms with Crippen LogP contribution in [0.1, 0.15) is 82.8 Å². The number of unbranched alkanes of at least 4 members (excludes halogenated alkanes) is 7. The molecule has 0 fully saturated rings. The van der Waals surface area contributed by atoms with Crippen LogP contribution in [0.2, 0.25) is 0 Å². The molecule has 0 saturated carbocycles. The van der Waals surface area contributed by atoms with Crippen LogP contribution >= 0.6 is 0 Å². The van der Waals surface area contributed by atoms with E-state index >= 15 is 0 Å². The maximum absolute atomic E-state index is 11.2. The van der Waals surface area contributed by atoms with Crippen LogP contribution in [0, 0.1) is 0 Å². The minimum atomic E-state index is -1.25. The highest BCUT2D eigenvalue weighted by Crippen LogP contribution is 2.35. The summed E-state index contributed by atoms with van der Waals surface area (Å²) in [5.41, 5.74) is 4.68. The molecule has 0 aromatic heterocycles. The summed E-state index contributed by atoms with van der Waals surface area (Å²) in [7, 11) is 0. The standard InChI is InChI=1S/C26H36O3/c1-3-5-7-9-11-18-24-23(19-14-20-25(24)29-26(27)28)22-17-13-12-16-21(22)15-10-8-6-4-2/h12-14,16-17,19-20H,3-11,15,18H2,1-2H3,(H,27,28). The number of ether oxygens (including phenoxy) is 1. The van der Waals surface area contributed by atoms with E-state index in [0.29, 0.717) is 5.75 Å². The first-order valence-electron chi connectivity index (χ1n) is 11.3. The first kappa shape index (κ1) is 23.0. The van der Waals surface area contributed by atoms with Gasteiger partial charge in [0, 0.05) is 5.56 Å². The van der Waals surface area contributed by atoms with Crippen molar-refractivity contribution < 1.29 is 14.6 Å².